The molecule has 0 amide bonds. The Labute approximate surface area is 79.8 Å². The first-order valence-electron chi connectivity index (χ1n) is 3.97. The summed E-state index contributed by atoms with van der Waals surface area (Å²) in [5.41, 5.74) is 6.53. The summed E-state index contributed by atoms with van der Waals surface area (Å²) in [5.74, 6) is 0.538. The van der Waals surface area contributed by atoms with Crippen LogP contribution in [-0.2, 0) is 6.61 Å². The van der Waals surface area contributed by atoms with Crippen molar-refractivity contribution in [2.24, 2.45) is 0 Å². The lowest BCUT2D eigenvalue weighted by Gasteiger charge is -1.96. The monoisotopic (exact) mass is 194 g/mol. The zero-order chi connectivity index (χ0) is 9.42. The average molecular weight is 194 g/mol. The van der Waals surface area contributed by atoms with E-state index in [1.807, 2.05) is 19.1 Å². The molecule has 0 saturated carbocycles. The number of aryl methyl sites for hydroxylation is 1. The third-order valence-electron chi connectivity index (χ3n) is 1.93. The quantitative estimate of drug-likeness (QED) is 0.726. The number of nitrogen functional groups attached to an aromatic ring is 1. The second kappa shape index (κ2) is 2.97. The van der Waals surface area contributed by atoms with E-state index < -0.39 is 0 Å². The molecule has 13 heavy (non-hydrogen) atoms. The fourth-order valence-corrected chi connectivity index (χ4v) is 2.37. The molecule has 3 N–H and O–H groups in total. The number of pyridine rings is 1. The summed E-state index contributed by atoms with van der Waals surface area (Å²) in [6, 6.07) is 3.80. The van der Waals surface area contributed by atoms with E-state index in [-0.39, 0.29) is 6.61 Å². The van der Waals surface area contributed by atoms with Gasteiger partial charge >= 0.3 is 0 Å². The van der Waals surface area contributed by atoms with Gasteiger partial charge in [0.1, 0.15) is 5.82 Å². The van der Waals surface area contributed by atoms with Crippen LogP contribution in [0.25, 0.3) is 10.1 Å². The molecule has 0 atom stereocenters. The maximum atomic E-state index is 8.96. The van der Waals surface area contributed by atoms with Crippen LogP contribution in [0.15, 0.2) is 12.1 Å². The van der Waals surface area contributed by atoms with Crippen LogP contribution in [0, 0.1) is 6.92 Å². The minimum absolute atomic E-state index is 0.0820. The van der Waals surface area contributed by atoms with Crippen LogP contribution >= 0.6 is 11.3 Å². The molecule has 2 rings (SSSR count). The van der Waals surface area contributed by atoms with Gasteiger partial charge in [0.15, 0.2) is 0 Å². The summed E-state index contributed by atoms with van der Waals surface area (Å²) in [4.78, 5) is 5.10. The number of aliphatic hydroxyl groups is 1. The van der Waals surface area contributed by atoms with E-state index in [1.165, 1.54) is 0 Å². The molecule has 0 aliphatic carbocycles. The standard InChI is InChI=1S/C9H10N2OS/c1-5-7-2-6(4-12)13-8(7)3-9(10)11-5/h2-3,12H,4H2,1H3,(H2,10,11). The third-order valence-corrected chi connectivity index (χ3v) is 3.00. The molecule has 68 valence electrons. The zero-order valence-corrected chi connectivity index (χ0v) is 8.06. The Morgan fingerprint density at radius 3 is 3.00 bits per heavy atom. The van der Waals surface area contributed by atoms with E-state index in [0.717, 1.165) is 20.7 Å². The van der Waals surface area contributed by atoms with Gasteiger partial charge in [-0.15, -0.1) is 11.3 Å². The van der Waals surface area contributed by atoms with Gasteiger partial charge in [-0.3, -0.25) is 0 Å². The number of nitrogens with zero attached hydrogens (tertiary/aromatic N) is 1. The van der Waals surface area contributed by atoms with Gasteiger partial charge in [0.2, 0.25) is 0 Å². The van der Waals surface area contributed by atoms with Crippen molar-refractivity contribution in [2.75, 3.05) is 5.73 Å². The van der Waals surface area contributed by atoms with Crippen molar-refractivity contribution >= 4 is 27.2 Å². The Kier molecular flexibility index (Phi) is 1.94. The molecule has 4 heteroatoms. The number of thiophene rings is 1. The number of nitrogens with two attached hydrogens (primary N) is 1. The normalized spacial score (nSPS) is 10.9. The maximum absolute atomic E-state index is 8.96. The summed E-state index contributed by atoms with van der Waals surface area (Å²) >= 11 is 1.56. The number of hydrogen-bond donors (Lipinski definition) is 2. The average Bonchev–Trinajstić information content (AvgIpc) is 2.47. The highest BCUT2D eigenvalue weighted by Gasteiger charge is 2.05. The lowest BCUT2D eigenvalue weighted by Crippen LogP contribution is -1.90. The van der Waals surface area contributed by atoms with Crippen molar-refractivity contribution in [1.82, 2.24) is 4.98 Å². The third kappa shape index (κ3) is 1.38. The van der Waals surface area contributed by atoms with Crippen molar-refractivity contribution in [1.29, 1.82) is 0 Å². The minimum atomic E-state index is 0.0820. The number of fused-ring (bicyclic) bond motifs is 1. The van der Waals surface area contributed by atoms with Gasteiger partial charge in [0, 0.05) is 20.7 Å². The Morgan fingerprint density at radius 1 is 1.54 bits per heavy atom. The molecule has 0 radical (unpaired) electrons. The molecule has 0 aromatic carbocycles. The topological polar surface area (TPSA) is 59.1 Å². The van der Waals surface area contributed by atoms with E-state index in [4.69, 9.17) is 10.8 Å². The molecule has 2 heterocycles. The van der Waals surface area contributed by atoms with Crippen LogP contribution in [0.4, 0.5) is 5.82 Å². The molecule has 0 fully saturated rings. The van der Waals surface area contributed by atoms with Crippen LogP contribution in [0.3, 0.4) is 0 Å². The molecular weight excluding hydrogens is 184 g/mol. The molecular formula is C9H10N2OS. The Morgan fingerprint density at radius 2 is 2.31 bits per heavy atom. The first-order chi connectivity index (χ1) is 6.20. The molecule has 2 aromatic heterocycles. The summed E-state index contributed by atoms with van der Waals surface area (Å²) in [5, 5.41) is 10.0. The molecule has 2 aromatic rings. The van der Waals surface area contributed by atoms with E-state index in [2.05, 4.69) is 4.98 Å². The lowest BCUT2D eigenvalue weighted by molar-refractivity contribution is 0.285. The number of aromatic nitrogens is 1. The van der Waals surface area contributed by atoms with Crippen molar-refractivity contribution in [3.05, 3.63) is 22.7 Å². The molecule has 0 aliphatic rings. The fraction of sp³-hybridized carbons (Fsp3) is 0.222. The van der Waals surface area contributed by atoms with Crippen LogP contribution in [-0.4, -0.2) is 10.1 Å². The number of aliphatic hydroxyl groups excluding tert-OH is 1. The molecule has 0 bridgehead atoms. The second-order valence-electron chi connectivity index (χ2n) is 2.92. The summed E-state index contributed by atoms with van der Waals surface area (Å²) in [7, 11) is 0. The summed E-state index contributed by atoms with van der Waals surface area (Å²) in [6.07, 6.45) is 0. The van der Waals surface area contributed by atoms with Gasteiger partial charge in [-0.1, -0.05) is 0 Å². The SMILES string of the molecule is Cc1nc(N)cc2sc(CO)cc12. The largest absolute Gasteiger partial charge is 0.391 e. The highest BCUT2D eigenvalue weighted by molar-refractivity contribution is 7.19. The maximum Gasteiger partial charge on any atom is 0.125 e. The van der Waals surface area contributed by atoms with E-state index in [1.54, 1.807) is 11.3 Å². The Balaban J connectivity index is 2.75. The predicted molar refractivity (Wildman–Crippen MR) is 54.7 cm³/mol. The first kappa shape index (κ1) is 8.47. The van der Waals surface area contributed by atoms with Crippen LogP contribution in [0.2, 0.25) is 0 Å². The molecule has 0 saturated heterocycles. The van der Waals surface area contributed by atoms with Gasteiger partial charge in [-0.25, -0.2) is 4.98 Å². The highest BCUT2D eigenvalue weighted by atomic mass is 32.1. The van der Waals surface area contributed by atoms with Gasteiger partial charge in [-0.05, 0) is 19.1 Å². The van der Waals surface area contributed by atoms with Crippen LogP contribution in [0.5, 0.6) is 0 Å². The first-order valence-corrected chi connectivity index (χ1v) is 4.79. The highest BCUT2D eigenvalue weighted by Crippen LogP contribution is 2.28. The van der Waals surface area contributed by atoms with E-state index in [0.29, 0.717) is 5.82 Å². The smallest absolute Gasteiger partial charge is 0.125 e. The van der Waals surface area contributed by atoms with Gasteiger partial charge in [0.05, 0.1) is 6.61 Å². The minimum Gasteiger partial charge on any atom is -0.391 e. The van der Waals surface area contributed by atoms with Gasteiger partial charge < -0.3 is 10.8 Å². The number of anilines is 1. The molecule has 0 spiro atoms. The van der Waals surface area contributed by atoms with Crippen molar-refractivity contribution < 1.29 is 5.11 Å². The second-order valence-corrected chi connectivity index (χ2v) is 4.08. The van der Waals surface area contributed by atoms with Crippen LogP contribution < -0.4 is 5.73 Å². The van der Waals surface area contributed by atoms with Crippen molar-refractivity contribution in [2.45, 2.75) is 13.5 Å². The lowest BCUT2D eigenvalue weighted by atomic mass is 10.2. The molecule has 0 unspecified atom stereocenters. The molecule has 0 aliphatic heterocycles. The summed E-state index contributed by atoms with van der Waals surface area (Å²) in [6.45, 7) is 2.01. The van der Waals surface area contributed by atoms with E-state index in [9.17, 15) is 0 Å². The van der Waals surface area contributed by atoms with Gasteiger partial charge in [-0.2, -0.15) is 0 Å². The van der Waals surface area contributed by atoms with Gasteiger partial charge in [0.25, 0.3) is 0 Å². The Hall–Kier alpha value is -1.13. The van der Waals surface area contributed by atoms with Crippen LogP contribution in [0.1, 0.15) is 10.6 Å². The zero-order valence-electron chi connectivity index (χ0n) is 7.24. The number of rotatable bonds is 1. The van der Waals surface area contributed by atoms with E-state index >= 15 is 0 Å². The predicted octanol–water partition coefficient (Wildman–Crippen LogP) is 1.68. The van der Waals surface area contributed by atoms with Crippen molar-refractivity contribution in [3.8, 4) is 0 Å². The fourth-order valence-electron chi connectivity index (χ4n) is 1.35. The number of hydrogen-bond acceptors (Lipinski definition) is 4. The van der Waals surface area contributed by atoms with Crippen molar-refractivity contribution in [3.63, 3.8) is 0 Å². The summed E-state index contributed by atoms with van der Waals surface area (Å²) < 4.78 is 1.09. The Bertz CT molecular complexity index is 450. The molecule has 3 nitrogen and oxygen atoms in total.